The van der Waals surface area contributed by atoms with E-state index in [1.54, 1.807) is 4.90 Å². The number of hydrogen-bond donors (Lipinski definition) is 0. The van der Waals surface area contributed by atoms with Crippen molar-refractivity contribution in [3.8, 4) is 11.4 Å². The molecule has 1 unspecified atom stereocenters. The first kappa shape index (κ1) is 22.9. The third-order valence-corrected chi connectivity index (χ3v) is 6.23. The Kier molecular flexibility index (Phi) is 6.44. The minimum Gasteiger partial charge on any atom is -0.465 e. The van der Waals surface area contributed by atoms with E-state index in [0.29, 0.717) is 31.2 Å². The topological polar surface area (TPSA) is 92.7 Å². The number of aromatic nitrogens is 2. The summed E-state index contributed by atoms with van der Waals surface area (Å²) in [4.78, 5) is 51.8. The number of rotatable bonds is 5. The number of esters is 1. The Hall–Kier alpha value is -3.29. The summed E-state index contributed by atoms with van der Waals surface area (Å²) in [7, 11) is 1.29. The second-order valence-corrected chi connectivity index (χ2v) is 9.07. The molecule has 2 amide bonds. The predicted molar refractivity (Wildman–Crippen MR) is 123 cm³/mol. The van der Waals surface area contributed by atoms with Crippen molar-refractivity contribution in [3.63, 3.8) is 0 Å². The highest BCUT2D eigenvalue weighted by molar-refractivity contribution is 6.05. The van der Waals surface area contributed by atoms with Gasteiger partial charge in [-0.15, -0.1) is 0 Å². The maximum atomic E-state index is 13.7. The molecule has 1 aromatic heterocycles. The molecule has 8 heteroatoms. The fourth-order valence-electron chi connectivity index (χ4n) is 4.25. The number of carbonyl (C=O) groups is 3. The summed E-state index contributed by atoms with van der Waals surface area (Å²) >= 11 is 0. The second kappa shape index (κ2) is 9.29. The molecule has 1 aromatic carbocycles. The van der Waals surface area contributed by atoms with Crippen LogP contribution in [0.5, 0.6) is 0 Å². The molecule has 2 aliphatic rings. The molecule has 2 aromatic rings. The average molecular weight is 451 g/mol. The molecule has 8 nitrogen and oxygen atoms in total. The average Bonchev–Trinajstić information content (AvgIpc) is 3.68. The lowest BCUT2D eigenvalue weighted by Gasteiger charge is -2.40. The zero-order chi connectivity index (χ0) is 23.7. The fraction of sp³-hybridized carbons (Fsp3) is 0.480. The van der Waals surface area contributed by atoms with E-state index in [1.807, 2.05) is 56.0 Å². The lowest BCUT2D eigenvalue weighted by Crippen LogP contribution is -2.56. The van der Waals surface area contributed by atoms with Gasteiger partial charge >= 0.3 is 5.97 Å². The lowest BCUT2D eigenvalue weighted by atomic mass is 10.00. The Balaban J connectivity index is 1.71. The summed E-state index contributed by atoms with van der Waals surface area (Å²) in [6.45, 7) is 7.05. The van der Waals surface area contributed by atoms with Gasteiger partial charge in [0.05, 0.1) is 12.8 Å². The van der Waals surface area contributed by atoms with Crippen LogP contribution in [0.2, 0.25) is 0 Å². The molecule has 33 heavy (non-hydrogen) atoms. The number of nitrogens with zero attached hydrogens (tertiary/aromatic N) is 4. The van der Waals surface area contributed by atoms with Crippen molar-refractivity contribution in [2.45, 2.75) is 45.6 Å². The largest absolute Gasteiger partial charge is 0.465 e. The zero-order valence-corrected chi connectivity index (χ0v) is 19.6. The lowest BCUT2D eigenvalue weighted by molar-refractivity contribution is -0.136. The number of methoxy groups -OCH3 is 1. The van der Waals surface area contributed by atoms with Gasteiger partial charge in [0, 0.05) is 37.2 Å². The molecule has 2 heterocycles. The van der Waals surface area contributed by atoms with Gasteiger partial charge in [-0.25, -0.2) is 14.8 Å². The van der Waals surface area contributed by atoms with E-state index < -0.39 is 5.97 Å². The van der Waals surface area contributed by atoms with Crippen LogP contribution in [-0.4, -0.2) is 70.3 Å². The van der Waals surface area contributed by atoms with E-state index in [2.05, 4.69) is 9.97 Å². The summed E-state index contributed by atoms with van der Waals surface area (Å²) in [5.74, 6) is -0.377. The molecule has 0 bridgehead atoms. The molecule has 0 N–H and O–H groups in total. The number of piperazine rings is 1. The minimum absolute atomic E-state index is 0.0496. The SMILES string of the molecule is COC(=O)c1c(C(=O)N2CCN(C(=O)C3CC3)C(C)C2)nc(-c2ccccc2)nc1C(C)C. The van der Waals surface area contributed by atoms with Crippen LogP contribution in [0.25, 0.3) is 11.4 Å². The molecule has 2 fully saturated rings. The standard InChI is InChI=1S/C25H30N4O4/c1-15(2)20-19(25(32)33-4)21(27-22(26-20)17-8-6-5-7-9-17)24(31)28-12-13-29(16(3)14-28)23(30)18-10-11-18/h5-9,15-16,18H,10-14H2,1-4H3. The quantitative estimate of drug-likeness (QED) is 0.650. The fourth-order valence-corrected chi connectivity index (χ4v) is 4.25. The maximum Gasteiger partial charge on any atom is 0.342 e. The zero-order valence-electron chi connectivity index (χ0n) is 19.6. The Labute approximate surface area is 194 Å². The molecule has 4 rings (SSSR count). The van der Waals surface area contributed by atoms with Gasteiger partial charge in [-0.2, -0.15) is 0 Å². The van der Waals surface area contributed by atoms with E-state index in [1.165, 1.54) is 7.11 Å². The first-order valence-corrected chi connectivity index (χ1v) is 11.5. The molecule has 1 saturated heterocycles. The van der Waals surface area contributed by atoms with Gasteiger partial charge in [-0.1, -0.05) is 44.2 Å². The molecule has 0 radical (unpaired) electrons. The molecule has 174 valence electrons. The summed E-state index contributed by atoms with van der Waals surface area (Å²) in [5.41, 5.74) is 1.41. The highest BCUT2D eigenvalue weighted by atomic mass is 16.5. The minimum atomic E-state index is -0.628. The Bertz CT molecular complexity index is 1070. The normalized spacial score (nSPS) is 18.4. The smallest absolute Gasteiger partial charge is 0.342 e. The van der Waals surface area contributed by atoms with Crippen molar-refractivity contribution in [1.29, 1.82) is 0 Å². The van der Waals surface area contributed by atoms with Crippen molar-refractivity contribution in [2.24, 2.45) is 5.92 Å². The maximum absolute atomic E-state index is 13.7. The number of hydrogen-bond acceptors (Lipinski definition) is 6. The van der Waals surface area contributed by atoms with Crippen LogP contribution in [0, 0.1) is 5.92 Å². The van der Waals surface area contributed by atoms with E-state index in [-0.39, 0.29) is 40.9 Å². The van der Waals surface area contributed by atoms with Crippen molar-refractivity contribution in [3.05, 3.63) is 47.3 Å². The van der Waals surface area contributed by atoms with Crippen LogP contribution in [0.1, 0.15) is 66.1 Å². The van der Waals surface area contributed by atoms with Gasteiger partial charge in [-0.05, 0) is 25.7 Å². The molecule has 0 spiro atoms. The molecule has 1 aliphatic carbocycles. The molecular weight excluding hydrogens is 420 g/mol. The molecule has 1 saturated carbocycles. The van der Waals surface area contributed by atoms with Crippen LogP contribution in [0.3, 0.4) is 0 Å². The summed E-state index contributed by atoms with van der Waals surface area (Å²) < 4.78 is 5.01. The van der Waals surface area contributed by atoms with Crippen LogP contribution < -0.4 is 0 Å². The van der Waals surface area contributed by atoms with Crippen LogP contribution >= 0.6 is 0 Å². The number of amides is 2. The van der Waals surface area contributed by atoms with E-state index >= 15 is 0 Å². The second-order valence-electron chi connectivity index (χ2n) is 9.07. The van der Waals surface area contributed by atoms with Gasteiger partial charge in [0.2, 0.25) is 5.91 Å². The van der Waals surface area contributed by atoms with Crippen molar-refractivity contribution in [2.75, 3.05) is 26.7 Å². The van der Waals surface area contributed by atoms with E-state index in [4.69, 9.17) is 4.74 Å². The summed E-state index contributed by atoms with van der Waals surface area (Å²) in [6.07, 6.45) is 1.91. The van der Waals surface area contributed by atoms with Gasteiger partial charge in [0.25, 0.3) is 5.91 Å². The molecular formula is C25H30N4O4. The van der Waals surface area contributed by atoms with E-state index in [0.717, 1.165) is 18.4 Å². The first-order valence-electron chi connectivity index (χ1n) is 11.5. The number of ether oxygens (including phenoxy) is 1. The Morgan fingerprint density at radius 2 is 1.76 bits per heavy atom. The van der Waals surface area contributed by atoms with Crippen LogP contribution in [0.15, 0.2) is 30.3 Å². The molecule has 1 aliphatic heterocycles. The van der Waals surface area contributed by atoms with Crippen molar-refractivity contribution < 1.29 is 19.1 Å². The third kappa shape index (κ3) is 4.60. The predicted octanol–water partition coefficient (Wildman–Crippen LogP) is 3.14. The number of carbonyl (C=O) groups excluding carboxylic acids is 3. The Morgan fingerprint density at radius 3 is 2.33 bits per heavy atom. The van der Waals surface area contributed by atoms with Crippen LogP contribution in [-0.2, 0) is 9.53 Å². The molecule has 1 atom stereocenters. The van der Waals surface area contributed by atoms with Crippen molar-refractivity contribution in [1.82, 2.24) is 19.8 Å². The monoisotopic (exact) mass is 450 g/mol. The van der Waals surface area contributed by atoms with Crippen molar-refractivity contribution >= 4 is 17.8 Å². The van der Waals surface area contributed by atoms with Crippen LogP contribution in [0.4, 0.5) is 0 Å². The van der Waals surface area contributed by atoms with Gasteiger partial charge in [-0.3, -0.25) is 9.59 Å². The van der Waals surface area contributed by atoms with Gasteiger partial charge in [0.15, 0.2) is 5.82 Å². The first-order chi connectivity index (χ1) is 15.8. The number of benzene rings is 1. The van der Waals surface area contributed by atoms with Gasteiger partial charge < -0.3 is 14.5 Å². The van der Waals surface area contributed by atoms with E-state index in [9.17, 15) is 14.4 Å². The van der Waals surface area contributed by atoms with Gasteiger partial charge in [0.1, 0.15) is 11.3 Å². The highest BCUT2D eigenvalue weighted by Crippen LogP contribution is 2.32. The highest BCUT2D eigenvalue weighted by Gasteiger charge is 2.39. The summed E-state index contributed by atoms with van der Waals surface area (Å²) in [5, 5.41) is 0. The summed E-state index contributed by atoms with van der Waals surface area (Å²) in [6, 6.07) is 9.29. The third-order valence-electron chi connectivity index (χ3n) is 6.23. The Morgan fingerprint density at radius 1 is 1.06 bits per heavy atom.